The monoisotopic (exact) mass is 334 g/mol. The fourth-order valence-electron chi connectivity index (χ4n) is 2.99. The molecule has 7 nitrogen and oxygen atoms in total. The molecule has 2 aliphatic rings. The summed E-state index contributed by atoms with van der Waals surface area (Å²) in [7, 11) is 2.40. The number of allylic oxidation sites excluding steroid dienone is 1. The highest BCUT2D eigenvalue weighted by atomic mass is 16.7. The van der Waals surface area contributed by atoms with Gasteiger partial charge in [0, 0.05) is 11.6 Å². The van der Waals surface area contributed by atoms with Crippen LogP contribution in [0.1, 0.15) is 25.3 Å². The number of esters is 2. The molecule has 0 saturated heterocycles. The number of rotatable bonds is 3. The number of benzene rings is 1. The second kappa shape index (κ2) is 5.74. The third-order valence-electron chi connectivity index (χ3n) is 4.03. The van der Waals surface area contributed by atoms with Gasteiger partial charge in [-0.2, -0.15) is 0 Å². The van der Waals surface area contributed by atoms with Gasteiger partial charge >= 0.3 is 17.5 Å². The van der Waals surface area contributed by atoms with Gasteiger partial charge in [0.15, 0.2) is 11.5 Å². The SMILES string of the molecule is COC(=O)C1(C(=O)OC)Oc2cc3c(cc2[C@@H]1C=C(C)C)OCO3. The molecule has 0 aliphatic carbocycles. The van der Waals surface area contributed by atoms with E-state index in [1.807, 2.05) is 13.8 Å². The molecule has 0 radical (unpaired) electrons. The summed E-state index contributed by atoms with van der Waals surface area (Å²) in [6, 6.07) is 3.33. The molecular formula is C17H18O7. The lowest BCUT2D eigenvalue weighted by Gasteiger charge is -2.27. The topological polar surface area (TPSA) is 80.3 Å². The van der Waals surface area contributed by atoms with E-state index in [-0.39, 0.29) is 6.79 Å². The first-order chi connectivity index (χ1) is 11.4. The van der Waals surface area contributed by atoms with E-state index in [2.05, 4.69) is 0 Å². The van der Waals surface area contributed by atoms with Crippen LogP contribution in [-0.2, 0) is 19.1 Å². The van der Waals surface area contributed by atoms with Crippen molar-refractivity contribution in [2.45, 2.75) is 25.4 Å². The zero-order valence-electron chi connectivity index (χ0n) is 13.9. The summed E-state index contributed by atoms with van der Waals surface area (Å²) in [6.45, 7) is 3.85. The number of ether oxygens (including phenoxy) is 5. The number of methoxy groups -OCH3 is 2. The Labute approximate surface area is 139 Å². The molecule has 0 bridgehead atoms. The molecule has 1 atom stereocenters. The van der Waals surface area contributed by atoms with Gasteiger partial charge in [-0.3, -0.25) is 0 Å². The van der Waals surface area contributed by atoms with Crippen LogP contribution in [0.3, 0.4) is 0 Å². The van der Waals surface area contributed by atoms with Crippen LogP contribution in [0.25, 0.3) is 0 Å². The van der Waals surface area contributed by atoms with Crippen LogP contribution < -0.4 is 14.2 Å². The lowest BCUT2D eigenvalue weighted by molar-refractivity contribution is -0.176. The molecule has 24 heavy (non-hydrogen) atoms. The predicted octanol–water partition coefficient (Wildman–Crippen LogP) is 1.94. The van der Waals surface area contributed by atoms with Crippen molar-refractivity contribution >= 4 is 11.9 Å². The Kier molecular flexibility index (Phi) is 3.87. The van der Waals surface area contributed by atoms with Crippen LogP contribution >= 0.6 is 0 Å². The average molecular weight is 334 g/mol. The molecule has 128 valence electrons. The molecular weight excluding hydrogens is 316 g/mol. The minimum absolute atomic E-state index is 0.116. The predicted molar refractivity (Wildman–Crippen MR) is 82.1 cm³/mol. The molecule has 0 aromatic heterocycles. The van der Waals surface area contributed by atoms with E-state index in [0.29, 0.717) is 22.8 Å². The second-order valence-corrected chi connectivity index (χ2v) is 5.79. The van der Waals surface area contributed by atoms with Crippen molar-refractivity contribution in [1.82, 2.24) is 0 Å². The van der Waals surface area contributed by atoms with Gasteiger partial charge in [-0.25, -0.2) is 9.59 Å². The van der Waals surface area contributed by atoms with Crippen molar-refractivity contribution in [3.05, 3.63) is 29.3 Å². The van der Waals surface area contributed by atoms with Gasteiger partial charge in [-0.1, -0.05) is 11.6 Å². The van der Waals surface area contributed by atoms with E-state index in [0.717, 1.165) is 5.57 Å². The highest BCUT2D eigenvalue weighted by molar-refractivity contribution is 6.06. The first-order valence-electron chi connectivity index (χ1n) is 7.38. The Balaban J connectivity index is 2.21. The molecule has 2 aliphatic heterocycles. The summed E-state index contributed by atoms with van der Waals surface area (Å²) >= 11 is 0. The van der Waals surface area contributed by atoms with Gasteiger partial charge in [0.2, 0.25) is 6.79 Å². The fourth-order valence-corrected chi connectivity index (χ4v) is 2.99. The zero-order valence-corrected chi connectivity index (χ0v) is 13.9. The molecule has 0 saturated carbocycles. The van der Waals surface area contributed by atoms with E-state index in [9.17, 15) is 9.59 Å². The van der Waals surface area contributed by atoms with Gasteiger partial charge in [0.1, 0.15) is 5.75 Å². The largest absolute Gasteiger partial charge is 0.466 e. The Morgan fingerprint density at radius 1 is 1.08 bits per heavy atom. The Morgan fingerprint density at radius 3 is 2.21 bits per heavy atom. The summed E-state index contributed by atoms with van der Waals surface area (Å²) in [5, 5.41) is 0. The van der Waals surface area contributed by atoms with Crippen molar-refractivity contribution in [2.75, 3.05) is 21.0 Å². The van der Waals surface area contributed by atoms with Gasteiger partial charge in [0.05, 0.1) is 20.1 Å². The standard InChI is InChI=1S/C17H18O7/c1-9(2)5-11-10-6-13-14(23-8-22-13)7-12(10)24-17(11,15(18)20-3)16(19)21-4/h5-7,11H,8H2,1-4H3/t11-/m0/s1. The molecule has 0 N–H and O–H groups in total. The van der Waals surface area contributed by atoms with Crippen LogP contribution in [-0.4, -0.2) is 38.6 Å². The summed E-state index contributed by atoms with van der Waals surface area (Å²) in [4.78, 5) is 25.0. The third-order valence-corrected chi connectivity index (χ3v) is 4.03. The van der Waals surface area contributed by atoms with E-state index < -0.39 is 23.5 Å². The summed E-state index contributed by atoms with van der Waals surface area (Å²) in [6.07, 6.45) is 1.78. The van der Waals surface area contributed by atoms with Crippen LogP contribution in [0.5, 0.6) is 17.2 Å². The van der Waals surface area contributed by atoms with E-state index in [1.165, 1.54) is 14.2 Å². The van der Waals surface area contributed by atoms with Gasteiger partial charge in [0.25, 0.3) is 0 Å². The smallest absolute Gasteiger partial charge is 0.363 e. The molecule has 3 rings (SSSR count). The fraction of sp³-hybridized carbons (Fsp3) is 0.412. The summed E-state index contributed by atoms with van der Waals surface area (Å²) in [5.41, 5.74) is -0.388. The molecule has 0 amide bonds. The minimum Gasteiger partial charge on any atom is -0.466 e. The van der Waals surface area contributed by atoms with Gasteiger partial charge in [-0.05, 0) is 19.9 Å². The normalized spacial score (nSPS) is 19.1. The number of carbonyl (C=O) groups excluding carboxylic acids is 2. The Hall–Kier alpha value is -2.70. The number of hydrogen-bond donors (Lipinski definition) is 0. The van der Waals surface area contributed by atoms with Crippen LogP contribution in [0.4, 0.5) is 0 Å². The van der Waals surface area contributed by atoms with E-state index in [4.69, 9.17) is 23.7 Å². The molecule has 0 unspecified atom stereocenters. The lowest BCUT2D eigenvalue weighted by atomic mass is 9.82. The Bertz CT molecular complexity index is 715. The van der Waals surface area contributed by atoms with E-state index in [1.54, 1.807) is 18.2 Å². The third kappa shape index (κ3) is 2.19. The molecule has 0 fully saturated rings. The summed E-state index contributed by atoms with van der Waals surface area (Å²) < 4.78 is 26.2. The van der Waals surface area contributed by atoms with Crippen molar-refractivity contribution in [2.24, 2.45) is 0 Å². The Morgan fingerprint density at radius 2 is 1.67 bits per heavy atom. The average Bonchev–Trinajstić information content (AvgIpc) is 3.13. The second-order valence-electron chi connectivity index (χ2n) is 5.79. The van der Waals surface area contributed by atoms with E-state index >= 15 is 0 Å². The maximum atomic E-state index is 12.5. The zero-order chi connectivity index (χ0) is 17.5. The van der Waals surface area contributed by atoms with Crippen molar-refractivity contribution in [3.63, 3.8) is 0 Å². The molecule has 7 heteroatoms. The van der Waals surface area contributed by atoms with Crippen molar-refractivity contribution in [1.29, 1.82) is 0 Å². The highest BCUT2D eigenvalue weighted by Crippen LogP contribution is 2.51. The van der Waals surface area contributed by atoms with Crippen LogP contribution in [0.2, 0.25) is 0 Å². The van der Waals surface area contributed by atoms with Crippen molar-refractivity contribution in [3.8, 4) is 17.2 Å². The molecule has 0 spiro atoms. The lowest BCUT2D eigenvalue weighted by Crippen LogP contribution is -2.54. The molecule has 2 heterocycles. The first-order valence-corrected chi connectivity index (χ1v) is 7.38. The van der Waals surface area contributed by atoms with Crippen molar-refractivity contribution < 1.29 is 33.3 Å². The first kappa shape index (κ1) is 16.2. The van der Waals surface area contributed by atoms with Gasteiger partial charge in [-0.15, -0.1) is 0 Å². The number of hydrogen-bond acceptors (Lipinski definition) is 7. The number of carbonyl (C=O) groups is 2. The highest BCUT2D eigenvalue weighted by Gasteiger charge is 2.62. The van der Waals surface area contributed by atoms with Crippen LogP contribution in [0.15, 0.2) is 23.8 Å². The summed E-state index contributed by atoms with van der Waals surface area (Å²) in [5.74, 6) is -0.959. The quantitative estimate of drug-likeness (QED) is 0.475. The molecule has 1 aromatic rings. The number of fused-ring (bicyclic) bond motifs is 2. The molecule has 1 aromatic carbocycles. The maximum Gasteiger partial charge on any atom is 0.363 e. The van der Waals surface area contributed by atoms with Gasteiger partial charge < -0.3 is 23.7 Å². The van der Waals surface area contributed by atoms with Crippen LogP contribution in [0, 0.1) is 0 Å². The minimum atomic E-state index is -1.93. The maximum absolute atomic E-state index is 12.5.